The molecule has 0 saturated carbocycles. The third kappa shape index (κ3) is 1.23. The van der Waals surface area contributed by atoms with Crippen molar-refractivity contribution in [2.24, 2.45) is 7.05 Å². The Balaban J connectivity index is 3.02. The number of hydrogen-bond donors (Lipinski definition) is 0. The minimum absolute atomic E-state index is 0.0440. The highest BCUT2D eigenvalue weighted by molar-refractivity contribution is 5.83. The van der Waals surface area contributed by atoms with Crippen molar-refractivity contribution >= 4 is 10.9 Å². The van der Waals surface area contributed by atoms with Gasteiger partial charge in [-0.25, -0.2) is 0 Å². The quantitative estimate of drug-likeness (QED) is 0.619. The standard InChI is InChI=1S/C12H13NO/c1-8-6-9(2)10-4-5-12(14)13(3)11(10)7-8/h4-7H,1-3H3. The van der Waals surface area contributed by atoms with E-state index in [9.17, 15) is 4.79 Å². The molecule has 0 bridgehead atoms. The second-order valence-electron chi connectivity index (χ2n) is 3.75. The van der Waals surface area contributed by atoms with Crippen LogP contribution in [-0.2, 0) is 7.05 Å². The second-order valence-corrected chi connectivity index (χ2v) is 3.75. The average Bonchev–Trinajstić information content (AvgIpc) is 2.12. The van der Waals surface area contributed by atoms with Crippen LogP contribution in [0.15, 0.2) is 29.1 Å². The molecule has 0 radical (unpaired) electrons. The van der Waals surface area contributed by atoms with Gasteiger partial charge in [-0.1, -0.05) is 6.07 Å². The normalized spacial score (nSPS) is 10.8. The monoisotopic (exact) mass is 187 g/mol. The van der Waals surface area contributed by atoms with Crippen molar-refractivity contribution < 1.29 is 0 Å². The molecule has 0 atom stereocenters. The van der Waals surface area contributed by atoms with E-state index in [0.717, 1.165) is 10.9 Å². The van der Waals surface area contributed by atoms with E-state index < -0.39 is 0 Å². The number of hydrogen-bond acceptors (Lipinski definition) is 1. The molecule has 0 N–H and O–H groups in total. The molecule has 0 spiro atoms. The zero-order chi connectivity index (χ0) is 10.3. The minimum atomic E-state index is 0.0440. The van der Waals surface area contributed by atoms with Crippen LogP contribution in [0.5, 0.6) is 0 Å². The zero-order valence-electron chi connectivity index (χ0n) is 8.66. The Morgan fingerprint density at radius 2 is 1.86 bits per heavy atom. The molecule has 0 amide bonds. The third-order valence-electron chi connectivity index (χ3n) is 2.59. The maximum Gasteiger partial charge on any atom is 0.250 e. The van der Waals surface area contributed by atoms with Crippen molar-refractivity contribution in [3.05, 3.63) is 45.7 Å². The molecule has 1 aromatic carbocycles. The lowest BCUT2D eigenvalue weighted by molar-refractivity contribution is 0.905. The zero-order valence-corrected chi connectivity index (χ0v) is 8.66. The van der Waals surface area contributed by atoms with E-state index in [1.54, 1.807) is 10.6 Å². The lowest BCUT2D eigenvalue weighted by Gasteiger charge is -2.07. The molecule has 0 fully saturated rings. The molecule has 1 aromatic heterocycles. The van der Waals surface area contributed by atoms with Crippen molar-refractivity contribution in [2.45, 2.75) is 13.8 Å². The molecule has 2 nitrogen and oxygen atoms in total. The first-order chi connectivity index (χ1) is 6.59. The largest absolute Gasteiger partial charge is 0.311 e. The Morgan fingerprint density at radius 3 is 2.57 bits per heavy atom. The predicted molar refractivity (Wildman–Crippen MR) is 58.7 cm³/mol. The predicted octanol–water partition coefficient (Wildman–Crippen LogP) is 2.16. The maximum absolute atomic E-state index is 11.4. The van der Waals surface area contributed by atoms with Crippen LogP contribution in [-0.4, -0.2) is 4.57 Å². The van der Waals surface area contributed by atoms with Gasteiger partial charge in [0, 0.05) is 18.5 Å². The highest BCUT2D eigenvalue weighted by Gasteiger charge is 2.02. The topological polar surface area (TPSA) is 22.0 Å². The lowest BCUT2D eigenvalue weighted by atomic mass is 10.1. The van der Waals surface area contributed by atoms with Crippen molar-refractivity contribution in [3.8, 4) is 0 Å². The van der Waals surface area contributed by atoms with E-state index in [2.05, 4.69) is 13.0 Å². The molecule has 2 heteroatoms. The fourth-order valence-electron chi connectivity index (χ4n) is 1.84. The molecular formula is C12H13NO. The second kappa shape index (κ2) is 2.98. The fourth-order valence-corrected chi connectivity index (χ4v) is 1.84. The SMILES string of the molecule is Cc1cc(C)c2ccc(=O)n(C)c2c1. The van der Waals surface area contributed by atoms with Crippen LogP contribution in [0.1, 0.15) is 11.1 Å². The Labute approximate surface area is 82.8 Å². The van der Waals surface area contributed by atoms with Gasteiger partial charge in [-0.15, -0.1) is 0 Å². The van der Waals surface area contributed by atoms with Crippen LogP contribution in [0.4, 0.5) is 0 Å². The summed E-state index contributed by atoms with van der Waals surface area (Å²) in [6, 6.07) is 7.69. The summed E-state index contributed by atoms with van der Waals surface area (Å²) in [5, 5.41) is 1.15. The fraction of sp³-hybridized carbons (Fsp3) is 0.250. The first-order valence-corrected chi connectivity index (χ1v) is 4.66. The molecule has 2 aromatic rings. The Kier molecular flexibility index (Phi) is 1.92. The van der Waals surface area contributed by atoms with Crippen molar-refractivity contribution in [1.29, 1.82) is 0 Å². The Bertz CT molecular complexity index is 552. The van der Waals surface area contributed by atoms with Gasteiger partial charge in [0.2, 0.25) is 0 Å². The van der Waals surface area contributed by atoms with Gasteiger partial charge in [-0.3, -0.25) is 4.79 Å². The van der Waals surface area contributed by atoms with Crippen LogP contribution in [0.2, 0.25) is 0 Å². The molecule has 14 heavy (non-hydrogen) atoms. The lowest BCUT2D eigenvalue weighted by Crippen LogP contribution is -2.15. The first kappa shape index (κ1) is 9.00. The van der Waals surface area contributed by atoms with E-state index >= 15 is 0 Å². The van der Waals surface area contributed by atoms with Crippen LogP contribution >= 0.6 is 0 Å². The molecule has 0 aliphatic rings. The van der Waals surface area contributed by atoms with Crippen LogP contribution in [0.3, 0.4) is 0 Å². The summed E-state index contributed by atoms with van der Waals surface area (Å²) in [6.45, 7) is 4.11. The summed E-state index contributed by atoms with van der Waals surface area (Å²) in [5.41, 5.74) is 3.46. The highest BCUT2D eigenvalue weighted by Crippen LogP contribution is 2.17. The summed E-state index contributed by atoms with van der Waals surface area (Å²) in [6.07, 6.45) is 0. The van der Waals surface area contributed by atoms with Gasteiger partial charge < -0.3 is 4.57 Å². The minimum Gasteiger partial charge on any atom is -0.311 e. The van der Waals surface area contributed by atoms with Crippen LogP contribution in [0.25, 0.3) is 10.9 Å². The summed E-state index contributed by atoms with van der Waals surface area (Å²) in [5.74, 6) is 0. The van der Waals surface area contributed by atoms with Crippen molar-refractivity contribution in [2.75, 3.05) is 0 Å². The van der Waals surface area contributed by atoms with Gasteiger partial charge >= 0.3 is 0 Å². The summed E-state index contributed by atoms with van der Waals surface area (Å²) >= 11 is 0. The van der Waals surface area contributed by atoms with Gasteiger partial charge in [0.25, 0.3) is 5.56 Å². The molecule has 0 aliphatic carbocycles. The number of rotatable bonds is 0. The van der Waals surface area contributed by atoms with Gasteiger partial charge in [0.05, 0.1) is 5.52 Å². The van der Waals surface area contributed by atoms with Crippen molar-refractivity contribution in [3.63, 3.8) is 0 Å². The summed E-state index contributed by atoms with van der Waals surface area (Å²) < 4.78 is 1.69. The molecule has 72 valence electrons. The Morgan fingerprint density at radius 1 is 1.14 bits per heavy atom. The molecule has 0 unspecified atom stereocenters. The molecule has 0 aliphatic heterocycles. The number of fused-ring (bicyclic) bond motifs is 1. The van der Waals surface area contributed by atoms with E-state index in [4.69, 9.17) is 0 Å². The highest BCUT2D eigenvalue weighted by atomic mass is 16.1. The van der Waals surface area contributed by atoms with Crippen molar-refractivity contribution in [1.82, 2.24) is 4.57 Å². The van der Waals surface area contributed by atoms with E-state index in [1.807, 2.05) is 26.1 Å². The van der Waals surface area contributed by atoms with E-state index in [1.165, 1.54) is 11.1 Å². The average molecular weight is 187 g/mol. The molecule has 1 heterocycles. The summed E-state index contributed by atoms with van der Waals surface area (Å²) in [7, 11) is 1.81. The molecular weight excluding hydrogens is 174 g/mol. The number of pyridine rings is 1. The van der Waals surface area contributed by atoms with E-state index in [0.29, 0.717) is 0 Å². The van der Waals surface area contributed by atoms with Gasteiger partial charge in [-0.2, -0.15) is 0 Å². The van der Waals surface area contributed by atoms with Crippen LogP contribution in [0, 0.1) is 13.8 Å². The van der Waals surface area contributed by atoms with Gasteiger partial charge in [0.15, 0.2) is 0 Å². The number of benzene rings is 1. The number of aryl methyl sites for hydroxylation is 3. The van der Waals surface area contributed by atoms with E-state index in [-0.39, 0.29) is 5.56 Å². The number of aromatic nitrogens is 1. The van der Waals surface area contributed by atoms with Gasteiger partial charge in [0.1, 0.15) is 0 Å². The smallest absolute Gasteiger partial charge is 0.250 e. The Hall–Kier alpha value is -1.57. The molecule has 0 saturated heterocycles. The van der Waals surface area contributed by atoms with Gasteiger partial charge in [-0.05, 0) is 37.1 Å². The molecule has 2 rings (SSSR count). The first-order valence-electron chi connectivity index (χ1n) is 4.66. The summed E-state index contributed by atoms with van der Waals surface area (Å²) in [4.78, 5) is 11.4. The third-order valence-corrected chi connectivity index (χ3v) is 2.59. The van der Waals surface area contributed by atoms with Crippen LogP contribution < -0.4 is 5.56 Å². The number of nitrogens with zero attached hydrogens (tertiary/aromatic N) is 1. The maximum atomic E-state index is 11.4.